The highest BCUT2D eigenvalue weighted by molar-refractivity contribution is 5.12. The van der Waals surface area contributed by atoms with E-state index in [1.807, 2.05) is 13.0 Å². The summed E-state index contributed by atoms with van der Waals surface area (Å²) in [5.74, 6) is 0. The minimum absolute atomic E-state index is 0.135. The fourth-order valence-corrected chi connectivity index (χ4v) is 1.84. The molecule has 0 unspecified atom stereocenters. The fourth-order valence-electron chi connectivity index (χ4n) is 1.84. The molecule has 0 bridgehead atoms. The summed E-state index contributed by atoms with van der Waals surface area (Å²) in [6, 6.07) is 0.309. The summed E-state index contributed by atoms with van der Waals surface area (Å²) >= 11 is 0. The van der Waals surface area contributed by atoms with Gasteiger partial charge in [-0.05, 0) is 27.2 Å². The predicted molar refractivity (Wildman–Crippen MR) is 60.2 cm³/mol. The molecule has 1 aliphatic heterocycles. The minimum Gasteiger partial charge on any atom is -0.391 e. The summed E-state index contributed by atoms with van der Waals surface area (Å²) in [6.07, 6.45) is 7.01. The molecule has 1 fully saturated rings. The van der Waals surface area contributed by atoms with E-state index >= 15 is 0 Å². The summed E-state index contributed by atoms with van der Waals surface area (Å²) in [6.45, 7) is 8.25. The van der Waals surface area contributed by atoms with Gasteiger partial charge in [0.15, 0.2) is 0 Å². The largest absolute Gasteiger partial charge is 0.391 e. The van der Waals surface area contributed by atoms with Crippen molar-refractivity contribution in [2.75, 3.05) is 13.1 Å². The topological polar surface area (TPSA) is 23.5 Å². The maximum atomic E-state index is 9.58. The van der Waals surface area contributed by atoms with Crippen molar-refractivity contribution >= 4 is 0 Å². The van der Waals surface area contributed by atoms with E-state index in [1.54, 1.807) is 0 Å². The van der Waals surface area contributed by atoms with Crippen LogP contribution in [-0.2, 0) is 0 Å². The average molecular weight is 195 g/mol. The van der Waals surface area contributed by atoms with E-state index in [0.29, 0.717) is 6.04 Å². The smallest absolute Gasteiger partial charge is 0.0705 e. The number of rotatable bonds is 3. The Balaban J connectivity index is 2.45. The van der Waals surface area contributed by atoms with Crippen LogP contribution in [0.1, 0.15) is 27.2 Å². The van der Waals surface area contributed by atoms with E-state index in [1.165, 1.54) is 5.57 Å². The number of aliphatic hydroxyl groups is 1. The van der Waals surface area contributed by atoms with E-state index < -0.39 is 0 Å². The Morgan fingerprint density at radius 2 is 2.29 bits per heavy atom. The molecular weight excluding hydrogens is 174 g/mol. The molecule has 14 heavy (non-hydrogen) atoms. The van der Waals surface area contributed by atoms with Gasteiger partial charge in [-0.2, -0.15) is 0 Å². The molecule has 0 radical (unpaired) electrons. The Labute approximate surface area is 86.9 Å². The van der Waals surface area contributed by atoms with Gasteiger partial charge < -0.3 is 5.11 Å². The van der Waals surface area contributed by atoms with Crippen molar-refractivity contribution in [2.24, 2.45) is 0 Å². The third-order valence-corrected chi connectivity index (χ3v) is 2.87. The van der Waals surface area contributed by atoms with Gasteiger partial charge >= 0.3 is 0 Å². The van der Waals surface area contributed by atoms with Crippen LogP contribution >= 0.6 is 0 Å². The highest BCUT2D eigenvalue weighted by Gasteiger charge is 2.28. The molecule has 0 aromatic heterocycles. The van der Waals surface area contributed by atoms with Crippen LogP contribution in [0.25, 0.3) is 0 Å². The molecule has 2 atom stereocenters. The molecule has 1 N–H and O–H groups in total. The van der Waals surface area contributed by atoms with Gasteiger partial charge in [0, 0.05) is 19.1 Å². The quantitative estimate of drug-likeness (QED) is 0.696. The van der Waals surface area contributed by atoms with E-state index in [4.69, 9.17) is 0 Å². The number of hydrogen-bond donors (Lipinski definition) is 1. The molecule has 0 aromatic rings. The first-order valence-corrected chi connectivity index (χ1v) is 5.35. The third kappa shape index (κ3) is 2.96. The molecular formula is C12H21NO. The number of nitrogens with zero attached hydrogens (tertiary/aromatic N) is 1. The van der Waals surface area contributed by atoms with E-state index in [9.17, 15) is 5.11 Å². The third-order valence-electron chi connectivity index (χ3n) is 2.87. The van der Waals surface area contributed by atoms with Crippen molar-refractivity contribution in [3.63, 3.8) is 0 Å². The van der Waals surface area contributed by atoms with Crippen molar-refractivity contribution < 1.29 is 5.11 Å². The average Bonchev–Trinajstić information content (AvgIpc) is 2.46. The first-order chi connectivity index (χ1) is 6.65. The van der Waals surface area contributed by atoms with Gasteiger partial charge in [-0.15, -0.1) is 0 Å². The molecule has 0 saturated carbocycles. The van der Waals surface area contributed by atoms with Crippen LogP contribution in [-0.4, -0.2) is 35.2 Å². The van der Waals surface area contributed by atoms with Crippen molar-refractivity contribution in [2.45, 2.75) is 39.3 Å². The highest BCUT2D eigenvalue weighted by atomic mass is 16.3. The zero-order valence-corrected chi connectivity index (χ0v) is 9.40. The second-order valence-corrected chi connectivity index (χ2v) is 4.11. The molecule has 0 aliphatic carbocycles. The Kier molecular flexibility index (Phi) is 4.36. The summed E-state index contributed by atoms with van der Waals surface area (Å²) in [7, 11) is 0. The van der Waals surface area contributed by atoms with Gasteiger partial charge in [0.2, 0.25) is 0 Å². The van der Waals surface area contributed by atoms with Gasteiger partial charge in [-0.3, -0.25) is 4.90 Å². The maximum Gasteiger partial charge on any atom is 0.0705 e. The Morgan fingerprint density at radius 3 is 2.79 bits per heavy atom. The van der Waals surface area contributed by atoms with Gasteiger partial charge in [-0.25, -0.2) is 0 Å². The second-order valence-electron chi connectivity index (χ2n) is 4.11. The Hall–Kier alpha value is -0.600. The standard InChI is InChI=1S/C12H21NO/c1-4-5-6-10(2)9-13-8-7-12(14)11(13)3/h4-6,11-12,14H,7-9H2,1-3H3/b5-4-,10-6+/t11-,12+/m0/s1. The zero-order chi connectivity index (χ0) is 10.6. The lowest BCUT2D eigenvalue weighted by molar-refractivity contribution is 0.130. The predicted octanol–water partition coefficient (Wildman–Crippen LogP) is 1.96. The molecule has 1 saturated heterocycles. The molecule has 0 amide bonds. The second kappa shape index (κ2) is 5.32. The number of aliphatic hydroxyl groups excluding tert-OH is 1. The fraction of sp³-hybridized carbons (Fsp3) is 0.667. The van der Waals surface area contributed by atoms with Crippen LogP contribution in [0.2, 0.25) is 0 Å². The molecule has 1 rings (SSSR count). The van der Waals surface area contributed by atoms with E-state index in [2.05, 4.69) is 30.9 Å². The Morgan fingerprint density at radius 1 is 1.57 bits per heavy atom. The molecule has 0 spiro atoms. The molecule has 1 heterocycles. The number of likely N-dealkylation sites (tertiary alicyclic amines) is 1. The lowest BCUT2D eigenvalue weighted by Gasteiger charge is -2.22. The Bertz CT molecular complexity index is 232. The van der Waals surface area contributed by atoms with Gasteiger partial charge in [0.05, 0.1) is 6.10 Å². The van der Waals surface area contributed by atoms with Crippen LogP contribution in [0, 0.1) is 0 Å². The lowest BCUT2D eigenvalue weighted by Crippen LogP contribution is -2.33. The lowest BCUT2D eigenvalue weighted by atomic mass is 10.2. The van der Waals surface area contributed by atoms with Crippen molar-refractivity contribution in [1.82, 2.24) is 4.90 Å². The minimum atomic E-state index is -0.135. The van der Waals surface area contributed by atoms with Crippen molar-refractivity contribution in [3.05, 3.63) is 23.8 Å². The van der Waals surface area contributed by atoms with Gasteiger partial charge in [0.1, 0.15) is 0 Å². The molecule has 2 nitrogen and oxygen atoms in total. The van der Waals surface area contributed by atoms with E-state index in [-0.39, 0.29) is 6.10 Å². The van der Waals surface area contributed by atoms with Crippen molar-refractivity contribution in [3.8, 4) is 0 Å². The maximum absolute atomic E-state index is 9.58. The van der Waals surface area contributed by atoms with Gasteiger partial charge in [0.25, 0.3) is 0 Å². The summed E-state index contributed by atoms with van der Waals surface area (Å²) < 4.78 is 0. The first-order valence-electron chi connectivity index (χ1n) is 5.35. The van der Waals surface area contributed by atoms with Crippen LogP contribution in [0.3, 0.4) is 0 Å². The van der Waals surface area contributed by atoms with Crippen LogP contribution in [0.15, 0.2) is 23.8 Å². The molecule has 0 aromatic carbocycles. The van der Waals surface area contributed by atoms with Crippen LogP contribution < -0.4 is 0 Å². The zero-order valence-electron chi connectivity index (χ0n) is 9.40. The van der Waals surface area contributed by atoms with Crippen LogP contribution in [0.4, 0.5) is 0 Å². The molecule has 2 heteroatoms. The normalized spacial score (nSPS) is 30.4. The molecule has 1 aliphatic rings. The van der Waals surface area contributed by atoms with E-state index in [0.717, 1.165) is 19.5 Å². The first kappa shape index (κ1) is 11.5. The summed E-state index contributed by atoms with van der Waals surface area (Å²) in [5, 5.41) is 9.58. The van der Waals surface area contributed by atoms with Gasteiger partial charge in [-0.1, -0.05) is 23.8 Å². The number of allylic oxidation sites excluding steroid dienone is 3. The molecule has 80 valence electrons. The van der Waals surface area contributed by atoms with Crippen molar-refractivity contribution in [1.29, 1.82) is 0 Å². The number of hydrogen-bond acceptors (Lipinski definition) is 2. The van der Waals surface area contributed by atoms with Crippen LogP contribution in [0.5, 0.6) is 0 Å². The summed E-state index contributed by atoms with van der Waals surface area (Å²) in [5.41, 5.74) is 1.35. The summed E-state index contributed by atoms with van der Waals surface area (Å²) in [4.78, 5) is 2.33. The SMILES string of the molecule is C/C=C\C=C(/C)CN1CC[C@@H](O)[C@@H]1C. The highest BCUT2D eigenvalue weighted by Crippen LogP contribution is 2.18. The monoisotopic (exact) mass is 195 g/mol.